The van der Waals surface area contributed by atoms with Gasteiger partial charge in [-0.05, 0) is 55.0 Å². The molecule has 114 valence electrons. The van der Waals surface area contributed by atoms with Crippen LogP contribution in [-0.2, 0) is 0 Å². The number of nitrogens with two attached hydrogens (primary N) is 1. The molecule has 0 atom stereocenters. The smallest absolute Gasteiger partial charge is 0.271 e. The predicted octanol–water partition coefficient (Wildman–Crippen LogP) is 2.87. The van der Waals surface area contributed by atoms with Crippen LogP contribution in [0.2, 0.25) is 5.02 Å². The molecule has 2 rings (SSSR count). The topological polar surface area (TPSA) is 79.2 Å². The molecule has 0 unspecified atom stereocenters. The minimum Gasteiger partial charge on any atom is -0.375 e. The quantitative estimate of drug-likeness (QED) is 0.513. The highest BCUT2D eigenvalue weighted by atomic mass is 35.5. The number of anilines is 2. The Balaban J connectivity index is 2.27. The molecule has 22 heavy (non-hydrogen) atoms. The Hall–Kier alpha value is -2.31. The van der Waals surface area contributed by atoms with Gasteiger partial charge in [-0.15, -0.1) is 0 Å². The number of rotatable bonds is 3. The number of nitrogens with one attached hydrogen (secondary N) is 3. The summed E-state index contributed by atoms with van der Waals surface area (Å²) in [6.07, 6.45) is 0. The molecule has 0 bridgehead atoms. The van der Waals surface area contributed by atoms with Crippen LogP contribution in [0.5, 0.6) is 0 Å². The van der Waals surface area contributed by atoms with Crippen molar-refractivity contribution in [2.45, 2.75) is 6.92 Å². The Labute approximate surface area is 138 Å². The molecule has 0 saturated heterocycles. The molecule has 0 heterocycles. The van der Waals surface area contributed by atoms with E-state index < -0.39 is 0 Å². The normalized spacial score (nSPS) is 9.91. The van der Waals surface area contributed by atoms with Gasteiger partial charge in [-0.25, -0.2) is 0 Å². The van der Waals surface area contributed by atoms with E-state index in [0.29, 0.717) is 16.3 Å². The third-order valence-corrected chi connectivity index (χ3v) is 3.16. The zero-order valence-electron chi connectivity index (χ0n) is 11.8. The summed E-state index contributed by atoms with van der Waals surface area (Å²) in [4.78, 5) is 12.2. The van der Waals surface area contributed by atoms with Gasteiger partial charge < -0.3 is 11.1 Å². The van der Waals surface area contributed by atoms with Gasteiger partial charge in [-0.2, -0.15) is 0 Å². The number of hydrogen-bond donors (Lipinski definition) is 4. The summed E-state index contributed by atoms with van der Waals surface area (Å²) in [7, 11) is 0. The van der Waals surface area contributed by atoms with Crippen molar-refractivity contribution in [1.29, 1.82) is 0 Å². The van der Waals surface area contributed by atoms with Gasteiger partial charge in [-0.3, -0.25) is 15.6 Å². The maximum Gasteiger partial charge on any atom is 0.271 e. The summed E-state index contributed by atoms with van der Waals surface area (Å²) in [6.45, 7) is 1.99. The Kier molecular flexibility index (Phi) is 5.19. The van der Waals surface area contributed by atoms with Crippen LogP contribution in [0.4, 0.5) is 11.4 Å². The number of amides is 1. The molecule has 0 radical (unpaired) electrons. The first-order valence-corrected chi connectivity index (χ1v) is 7.23. The second kappa shape index (κ2) is 7.11. The molecule has 1 amide bonds. The average molecular weight is 335 g/mol. The summed E-state index contributed by atoms with van der Waals surface area (Å²) >= 11 is 10.7. The Morgan fingerprint density at radius 2 is 1.95 bits per heavy atom. The van der Waals surface area contributed by atoms with Crippen molar-refractivity contribution in [2.75, 3.05) is 5.32 Å². The molecular formula is C15H15ClN4OS. The summed E-state index contributed by atoms with van der Waals surface area (Å²) in [6, 6.07) is 12.7. The molecule has 5 nitrogen and oxygen atoms in total. The van der Waals surface area contributed by atoms with Crippen LogP contribution in [0.1, 0.15) is 15.9 Å². The molecule has 5 N–H and O–H groups in total. The van der Waals surface area contributed by atoms with Crippen molar-refractivity contribution in [3.05, 3.63) is 58.6 Å². The number of hydrogen-bond acceptors (Lipinski definition) is 3. The summed E-state index contributed by atoms with van der Waals surface area (Å²) in [5.74, 6) is -0.375. The number of thiocarbonyl (C=S) groups is 1. The van der Waals surface area contributed by atoms with Crippen molar-refractivity contribution < 1.29 is 4.79 Å². The highest BCUT2D eigenvalue weighted by Gasteiger charge is 2.12. The van der Waals surface area contributed by atoms with E-state index in [4.69, 9.17) is 17.3 Å². The number of benzene rings is 2. The third-order valence-electron chi connectivity index (χ3n) is 2.82. The molecule has 0 aliphatic rings. The maximum atomic E-state index is 12.2. The van der Waals surface area contributed by atoms with E-state index in [9.17, 15) is 4.79 Å². The van der Waals surface area contributed by atoms with E-state index in [-0.39, 0.29) is 11.0 Å². The Bertz CT molecular complexity index is 720. The minimum atomic E-state index is -0.375. The fourth-order valence-corrected chi connectivity index (χ4v) is 2.11. The van der Waals surface area contributed by atoms with Gasteiger partial charge in [0.15, 0.2) is 5.11 Å². The summed E-state index contributed by atoms with van der Waals surface area (Å²) in [5.41, 5.74) is 13.1. The lowest BCUT2D eigenvalue weighted by molar-refractivity contribution is 0.0945. The van der Waals surface area contributed by atoms with Crippen LogP contribution >= 0.6 is 23.8 Å². The SMILES string of the molecule is Cc1cccc(Nc2cc(Cl)ccc2C(=O)NNC(N)=S)c1. The van der Waals surface area contributed by atoms with Crippen LogP contribution in [-0.4, -0.2) is 11.0 Å². The zero-order chi connectivity index (χ0) is 16.1. The first-order chi connectivity index (χ1) is 10.5. The molecule has 0 fully saturated rings. The van der Waals surface area contributed by atoms with Gasteiger partial charge >= 0.3 is 0 Å². The van der Waals surface area contributed by atoms with Gasteiger partial charge in [0.05, 0.1) is 11.3 Å². The van der Waals surface area contributed by atoms with E-state index >= 15 is 0 Å². The van der Waals surface area contributed by atoms with Crippen molar-refractivity contribution in [3.63, 3.8) is 0 Å². The first kappa shape index (κ1) is 16.1. The summed E-state index contributed by atoms with van der Waals surface area (Å²) < 4.78 is 0. The standard InChI is InChI=1S/C15H15ClN4OS/c1-9-3-2-4-11(7-9)18-13-8-10(16)5-6-12(13)14(21)19-20-15(17)22/h2-8,18H,1H3,(H,19,21)(H3,17,20,22). The van der Waals surface area contributed by atoms with E-state index in [2.05, 4.69) is 28.4 Å². The fourth-order valence-electron chi connectivity index (χ4n) is 1.88. The zero-order valence-corrected chi connectivity index (χ0v) is 13.4. The van der Waals surface area contributed by atoms with Crippen molar-refractivity contribution in [2.24, 2.45) is 5.73 Å². The molecule has 2 aromatic rings. The first-order valence-electron chi connectivity index (χ1n) is 6.45. The van der Waals surface area contributed by atoms with E-state index in [1.54, 1.807) is 18.2 Å². The monoisotopic (exact) mass is 334 g/mol. The Morgan fingerprint density at radius 1 is 1.18 bits per heavy atom. The van der Waals surface area contributed by atoms with Crippen molar-refractivity contribution in [3.8, 4) is 0 Å². The van der Waals surface area contributed by atoms with Crippen LogP contribution in [0.15, 0.2) is 42.5 Å². The van der Waals surface area contributed by atoms with Gasteiger partial charge in [0.1, 0.15) is 0 Å². The van der Waals surface area contributed by atoms with E-state index in [1.165, 1.54) is 0 Å². The largest absolute Gasteiger partial charge is 0.375 e. The lowest BCUT2D eigenvalue weighted by atomic mass is 10.1. The number of halogens is 1. The van der Waals surface area contributed by atoms with Gasteiger partial charge in [0.25, 0.3) is 5.91 Å². The second-order valence-electron chi connectivity index (χ2n) is 4.63. The van der Waals surface area contributed by atoms with Gasteiger partial charge in [-0.1, -0.05) is 23.7 Å². The molecule has 0 aliphatic heterocycles. The van der Waals surface area contributed by atoms with E-state index in [1.807, 2.05) is 31.2 Å². The van der Waals surface area contributed by atoms with Gasteiger partial charge in [0, 0.05) is 10.7 Å². The van der Waals surface area contributed by atoms with E-state index in [0.717, 1.165) is 11.3 Å². The number of aryl methyl sites for hydroxylation is 1. The highest BCUT2D eigenvalue weighted by molar-refractivity contribution is 7.80. The third kappa shape index (κ3) is 4.34. The molecular weight excluding hydrogens is 320 g/mol. The predicted molar refractivity (Wildman–Crippen MR) is 93.3 cm³/mol. The average Bonchev–Trinajstić information content (AvgIpc) is 2.45. The maximum absolute atomic E-state index is 12.2. The van der Waals surface area contributed by atoms with Gasteiger partial charge in [0.2, 0.25) is 0 Å². The number of carbonyl (C=O) groups excluding carboxylic acids is 1. The highest BCUT2D eigenvalue weighted by Crippen LogP contribution is 2.25. The molecule has 7 heteroatoms. The summed E-state index contributed by atoms with van der Waals surface area (Å²) in [5, 5.41) is 3.69. The number of carbonyl (C=O) groups is 1. The molecule has 0 aromatic heterocycles. The lowest BCUT2D eigenvalue weighted by Crippen LogP contribution is -2.44. The molecule has 0 aliphatic carbocycles. The molecule has 0 spiro atoms. The molecule has 2 aromatic carbocycles. The van der Waals surface area contributed by atoms with Crippen LogP contribution < -0.4 is 21.9 Å². The number of hydrazine groups is 1. The second-order valence-corrected chi connectivity index (χ2v) is 5.50. The van der Waals surface area contributed by atoms with Crippen LogP contribution in [0.3, 0.4) is 0 Å². The van der Waals surface area contributed by atoms with Crippen molar-refractivity contribution >= 4 is 46.2 Å². The Morgan fingerprint density at radius 3 is 2.64 bits per heavy atom. The van der Waals surface area contributed by atoms with Crippen LogP contribution in [0, 0.1) is 6.92 Å². The van der Waals surface area contributed by atoms with Crippen molar-refractivity contribution in [1.82, 2.24) is 10.9 Å². The molecule has 0 saturated carbocycles. The lowest BCUT2D eigenvalue weighted by Gasteiger charge is -2.13. The fraction of sp³-hybridized carbons (Fsp3) is 0.0667. The van der Waals surface area contributed by atoms with Crippen LogP contribution in [0.25, 0.3) is 0 Å². The minimum absolute atomic E-state index is 0.0180.